The minimum absolute atomic E-state index is 0.130. The van der Waals surface area contributed by atoms with Gasteiger partial charge in [-0.1, -0.05) is 66.7 Å². The summed E-state index contributed by atoms with van der Waals surface area (Å²) in [5.41, 5.74) is 2.41. The van der Waals surface area contributed by atoms with E-state index >= 15 is 0 Å². The quantitative estimate of drug-likeness (QED) is 0.782. The highest BCUT2D eigenvalue weighted by Gasteiger charge is 2.35. The Bertz CT molecular complexity index is 584. The standard InChI is InChI=1S/C20H21NO/c1-2-13-21-19(16-9-5-3-6-10-16)14-18(22)15-20(21)17-11-7-4-8-12-17/h2-12,19-20H,1,13-15H2/t19-,20+. The van der Waals surface area contributed by atoms with Crippen LogP contribution in [0.3, 0.4) is 0 Å². The van der Waals surface area contributed by atoms with Crippen molar-refractivity contribution in [3.8, 4) is 0 Å². The van der Waals surface area contributed by atoms with E-state index in [2.05, 4.69) is 35.7 Å². The zero-order valence-electron chi connectivity index (χ0n) is 12.7. The fourth-order valence-electron chi connectivity index (χ4n) is 3.34. The third-order valence-corrected chi connectivity index (χ3v) is 4.35. The van der Waals surface area contributed by atoms with Gasteiger partial charge in [-0.05, 0) is 11.1 Å². The van der Waals surface area contributed by atoms with Crippen LogP contribution >= 0.6 is 0 Å². The molecule has 3 rings (SSSR count). The Morgan fingerprint density at radius 1 is 0.909 bits per heavy atom. The van der Waals surface area contributed by atoms with Crippen molar-refractivity contribution >= 4 is 5.78 Å². The van der Waals surface area contributed by atoms with Crippen molar-refractivity contribution in [1.82, 2.24) is 4.90 Å². The summed E-state index contributed by atoms with van der Waals surface area (Å²) in [6.45, 7) is 4.69. The molecule has 2 atom stereocenters. The largest absolute Gasteiger partial charge is 0.300 e. The van der Waals surface area contributed by atoms with Gasteiger partial charge in [0.2, 0.25) is 0 Å². The van der Waals surface area contributed by atoms with E-state index in [0.29, 0.717) is 18.6 Å². The van der Waals surface area contributed by atoms with Crippen LogP contribution in [0.4, 0.5) is 0 Å². The first kappa shape index (κ1) is 14.7. The number of hydrogen-bond donors (Lipinski definition) is 0. The molecule has 1 fully saturated rings. The maximum absolute atomic E-state index is 12.3. The highest BCUT2D eigenvalue weighted by Crippen LogP contribution is 2.39. The Hall–Kier alpha value is -2.19. The normalized spacial score (nSPS) is 22.5. The molecule has 1 saturated heterocycles. The van der Waals surface area contributed by atoms with Crippen LogP contribution in [0.15, 0.2) is 73.3 Å². The number of ketones is 1. The minimum atomic E-state index is 0.130. The number of nitrogens with zero attached hydrogens (tertiary/aromatic N) is 1. The van der Waals surface area contributed by atoms with E-state index in [4.69, 9.17) is 0 Å². The Morgan fingerprint density at radius 2 is 1.36 bits per heavy atom. The smallest absolute Gasteiger partial charge is 0.136 e. The van der Waals surface area contributed by atoms with Crippen molar-refractivity contribution in [1.29, 1.82) is 0 Å². The maximum Gasteiger partial charge on any atom is 0.136 e. The third-order valence-electron chi connectivity index (χ3n) is 4.35. The molecule has 2 aromatic rings. The molecule has 0 saturated carbocycles. The Morgan fingerprint density at radius 3 is 1.77 bits per heavy atom. The Balaban J connectivity index is 1.98. The third kappa shape index (κ3) is 3.02. The van der Waals surface area contributed by atoms with E-state index in [1.54, 1.807) is 0 Å². The first-order valence-corrected chi connectivity index (χ1v) is 7.78. The second-order valence-electron chi connectivity index (χ2n) is 5.79. The lowest BCUT2D eigenvalue weighted by molar-refractivity contribution is -0.125. The lowest BCUT2D eigenvalue weighted by atomic mass is 9.87. The number of piperidine rings is 1. The molecular formula is C20H21NO. The van der Waals surface area contributed by atoms with Crippen LogP contribution in [0.25, 0.3) is 0 Å². The second kappa shape index (κ2) is 6.71. The highest BCUT2D eigenvalue weighted by molar-refractivity contribution is 5.81. The first-order valence-electron chi connectivity index (χ1n) is 7.78. The summed E-state index contributed by atoms with van der Waals surface area (Å²) < 4.78 is 0. The van der Waals surface area contributed by atoms with Crippen LogP contribution in [-0.2, 0) is 4.79 Å². The molecule has 112 valence electrons. The summed E-state index contributed by atoms with van der Waals surface area (Å²) in [4.78, 5) is 14.7. The number of rotatable bonds is 4. The Kier molecular flexibility index (Phi) is 4.50. The molecule has 0 amide bonds. The van der Waals surface area contributed by atoms with Gasteiger partial charge in [-0.3, -0.25) is 9.69 Å². The molecule has 0 aromatic heterocycles. The predicted molar refractivity (Wildman–Crippen MR) is 89.5 cm³/mol. The number of Topliss-reactive ketones (excluding diaryl/α,β-unsaturated/α-hetero) is 1. The SMILES string of the molecule is C=CCN1[C@@H](c2ccccc2)CC(=O)C[C@H]1c1ccccc1. The van der Waals surface area contributed by atoms with E-state index in [-0.39, 0.29) is 12.1 Å². The van der Waals surface area contributed by atoms with E-state index < -0.39 is 0 Å². The van der Waals surface area contributed by atoms with Crippen LogP contribution < -0.4 is 0 Å². The van der Waals surface area contributed by atoms with Gasteiger partial charge >= 0.3 is 0 Å². The average molecular weight is 291 g/mol. The molecule has 2 heteroatoms. The lowest BCUT2D eigenvalue weighted by Crippen LogP contribution is -2.39. The number of carbonyl (C=O) groups is 1. The lowest BCUT2D eigenvalue weighted by Gasteiger charge is -2.41. The molecule has 1 heterocycles. The van der Waals surface area contributed by atoms with Gasteiger partial charge in [0.05, 0.1) is 0 Å². The fourth-order valence-corrected chi connectivity index (χ4v) is 3.34. The molecule has 1 aliphatic heterocycles. The molecule has 0 radical (unpaired) electrons. The zero-order chi connectivity index (χ0) is 15.4. The molecule has 1 aliphatic rings. The molecular weight excluding hydrogens is 270 g/mol. The number of benzene rings is 2. The summed E-state index contributed by atoms with van der Waals surface area (Å²) in [6.07, 6.45) is 3.10. The monoisotopic (exact) mass is 291 g/mol. The van der Waals surface area contributed by atoms with Crippen molar-refractivity contribution in [3.63, 3.8) is 0 Å². The van der Waals surface area contributed by atoms with Crippen molar-refractivity contribution in [2.45, 2.75) is 24.9 Å². The van der Waals surface area contributed by atoms with E-state index in [1.807, 2.05) is 42.5 Å². The molecule has 0 unspecified atom stereocenters. The number of carbonyl (C=O) groups excluding carboxylic acids is 1. The van der Waals surface area contributed by atoms with Gasteiger partial charge in [0.15, 0.2) is 0 Å². The average Bonchev–Trinajstić information content (AvgIpc) is 2.58. The summed E-state index contributed by atoms with van der Waals surface area (Å²) in [6, 6.07) is 20.9. The van der Waals surface area contributed by atoms with Crippen LogP contribution in [0.5, 0.6) is 0 Å². The molecule has 0 spiro atoms. The topological polar surface area (TPSA) is 20.3 Å². The van der Waals surface area contributed by atoms with E-state index in [1.165, 1.54) is 11.1 Å². The van der Waals surface area contributed by atoms with Gasteiger partial charge in [-0.2, -0.15) is 0 Å². The molecule has 0 N–H and O–H groups in total. The molecule has 2 aromatic carbocycles. The van der Waals surface area contributed by atoms with Crippen LogP contribution in [0.2, 0.25) is 0 Å². The fraction of sp³-hybridized carbons (Fsp3) is 0.250. The summed E-state index contributed by atoms with van der Waals surface area (Å²) in [5.74, 6) is 0.336. The van der Waals surface area contributed by atoms with Gasteiger partial charge < -0.3 is 0 Å². The Labute approximate surface area is 132 Å². The molecule has 0 bridgehead atoms. The highest BCUT2D eigenvalue weighted by atomic mass is 16.1. The van der Waals surface area contributed by atoms with Gasteiger partial charge in [-0.25, -0.2) is 0 Å². The van der Waals surface area contributed by atoms with Crippen molar-refractivity contribution < 1.29 is 4.79 Å². The molecule has 22 heavy (non-hydrogen) atoms. The van der Waals surface area contributed by atoms with Gasteiger partial charge in [0.1, 0.15) is 5.78 Å². The molecule has 2 nitrogen and oxygen atoms in total. The van der Waals surface area contributed by atoms with Crippen LogP contribution in [0, 0.1) is 0 Å². The molecule has 0 aliphatic carbocycles. The second-order valence-corrected chi connectivity index (χ2v) is 5.79. The first-order chi connectivity index (χ1) is 10.8. The van der Waals surface area contributed by atoms with Crippen LogP contribution in [0.1, 0.15) is 36.1 Å². The predicted octanol–water partition coefficient (Wildman–Crippen LogP) is 4.32. The zero-order valence-corrected chi connectivity index (χ0v) is 12.7. The summed E-state index contributed by atoms with van der Waals surface area (Å²) >= 11 is 0. The number of likely N-dealkylation sites (tertiary alicyclic amines) is 1. The van der Waals surface area contributed by atoms with Crippen LogP contribution in [-0.4, -0.2) is 17.2 Å². The summed E-state index contributed by atoms with van der Waals surface area (Å²) in [7, 11) is 0. The van der Waals surface area contributed by atoms with Crippen molar-refractivity contribution in [2.75, 3.05) is 6.54 Å². The van der Waals surface area contributed by atoms with Gasteiger partial charge in [-0.15, -0.1) is 6.58 Å². The van der Waals surface area contributed by atoms with E-state index in [9.17, 15) is 4.79 Å². The minimum Gasteiger partial charge on any atom is -0.300 e. The maximum atomic E-state index is 12.3. The van der Waals surface area contributed by atoms with Gasteiger partial charge in [0, 0.05) is 31.5 Å². The van der Waals surface area contributed by atoms with Gasteiger partial charge in [0.25, 0.3) is 0 Å². The van der Waals surface area contributed by atoms with Crippen molar-refractivity contribution in [2.24, 2.45) is 0 Å². The van der Waals surface area contributed by atoms with Crippen molar-refractivity contribution in [3.05, 3.63) is 84.4 Å². The number of hydrogen-bond acceptors (Lipinski definition) is 2. The summed E-state index contributed by atoms with van der Waals surface area (Å²) in [5, 5.41) is 0. The van der Waals surface area contributed by atoms with E-state index in [0.717, 1.165) is 6.54 Å².